The van der Waals surface area contributed by atoms with Gasteiger partial charge in [0.15, 0.2) is 18.9 Å². The Hall–Kier alpha value is -2.94. The fraction of sp³-hybridized carbons (Fsp3) is 0.100. The number of carbonyl (C=O) groups is 1. The van der Waals surface area contributed by atoms with Crippen molar-refractivity contribution in [1.82, 2.24) is 5.32 Å². The lowest BCUT2D eigenvalue weighted by atomic mass is 10.2. The lowest BCUT2D eigenvalue weighted by Crippen LogP contribution is -2.35. The van der Waals surface area contributed by atoms with E-state index in [0.717, 1.165) is 12.1 Å². The van der Waals surface area contributed by atoms with Gasteiger partial charge in [-0.25, -0.2) is 0 Å². The first-order chi connectivity index (χ1) is 11.3. The summed E-state index contributed by atoms with van der Waals surface area (Å²) in [4.78, 5) is 12.3. The fourth-order valence-electron chi connectivity index (χ4n) is 2.43. The predicted molar refractivity (Wildman–Crippen MR) is 89.8 cm³/mol. The van der Waals surface area contributed by atoms with E-state index in [0.29, 0.717) is 12.1 Å². The molecule has 1 N–H and O–H groups in total. The third kappa shape index (κ3) is 4.27. The highest BCUT2D eigenvalue weighted by molar-refractivity contribution is 5.93. The van der Waals surface area contributed by atoms with Gasteiger partial charge in [-0.1, -0.05) is 60.7 Å². The first-order valence-electron chi connectivity index (χ1n) is 7.66. The second kappa shape index (κ2) is 7.36. The van der Waals surface area contributed by atoms with Crippen molar-refractivity contribution in [2.24, 2.45) is 0 Å². The van der Waals surface area contributed by atoms with Gasteiger partial charge in [-0.2, -0.15) is 4.57 Å². The maximum atomic E-state index is 12.3. The van der Waals surface area contributed by atoms with Gasteiger partial charge in [-0.05, 0) is 11.6 Å². The fourth-order valence-corrected chi connectivity index (χ4v) is 2.43. The number of pyridine rings is 1. The summed E-state index contributed by atoms with van der Waals surface area (Å²) < 4.78 is 2.02. The quantitative estimate of drug-likeness (QED) is 0.722. The standard InChI is InChI=1S/C20H18N2O/c23-20(21-14-17-8-3-1-4-9-17)19-12-7-13-22(16-19)15-18-10-5-2-6-11-18/h1-13,16H,14-15H2/p+1. The summed E-state index contributed by atoms with van der Waals surface area (Å²) in [7, 11) is 0. The van der Waals surface area contributed by atoms with Crippen LogP contribution in [-0.2, 0) is 13.1 Å². The Balaban J connectivity index is 1.65. The molecule has 0 aliphatic rings. The Morgan fingerprint density at radius 3 is 2.17 bits per heavy atom. The van der Waals surface area contributed by atoms with E-state index in [2.05, 4.69) is 17.4 Å². The Bertz CT molecular complexity index is 770. The number of benzene rings is 2. The maximum Gasteiger partial charge on any atom is 0.257 e. The SMILES string of the molecule is O=C(NCc1ccccc1)c1ccc[n+](Cc2ccccc2)c1. The van der Waals surface area contributed by atoms with Crippen molar-refractivity contribution in [3.05, 3.63) is 102 Å². The van der Waals surface area contributed by atoms with Gasteiger partial charge in [0.2, 0.25) is 0 Å². The van der Waals surface area contributed by atoms with Crippen LogP contribution < -0.4 is 9.88 Å². The number of amides is 1. The predicted octanol–water partition coefficient (Wildman–Crippen LogP) is 2.95. The Kier molecular flexibility index (Phi) is 4.79. The summed E-state index contributed by atoms with van der Waals surface area (Å²) in [6.45, 7) is 1.29. The van der Waals surface area contributed by atoms with Crippen LogP contribution in [0.1, 0.15) is 21.5 Å². The van der Waals surface area contributed by atoms with E-state index in [-0.39, 0.29) is 5.91 Å². The number of carbonyl (C=O) groups excluding carboxylic acids is 1. The molecule has 3 rings (SSSR count). The van der Waals surface area contributed by atoms with Crippen LogP contribution in [0, 0.1) is 0 Å². The number of hydrogen-bond donors (Lipinski definition) is 1. The van der Waals surface area contributed by atoms with Gasteiger partial charge in [-0.3, -0.25) is 4.79 Å². The molecule has 0 aliphatic carbocycles. The molecular formula is C20H19N2O+. The zero-order valence-corrected chi connectivity index (χ0v) is 12.9. The first-order valence-corrected chi connectivity index (χ1v) is 7.66. The third-order valence-corrected chi connectivity index (χ3v) is 3.62. The lowest BCUT2D eigenvalue weighted by Gasteiger charge is -2.05. The minimum absolute atomic E-state index is 0.0590. The number of nitrogens with one attached hydrogen (secondary N) is 1. The van der Waals surface area contributed by atoms with Gasteiger partial charge >= 0.3 is 0 Å². The normalized spacial score (nSPS) is 10.3. The van der Waals surface area contributed by atoms with E-state index in [4.69, 9.17) is 0 Å². The van der Waals surface area contributed by atoms with Crippen molar-refractivity contribution < 1.29 is 9.36 Å². The Morgan fingerprint density at radius 2 is 1.48 bits per heavy atom. The first kappa shape index (κ1) is 15.0. The minimum atomic E-state index is -0.0590. The van der Waals surface area contributed by atoms with Gasteiger partial charge in [-0.15, -0.1) is 0 Å². The second-order valence-corrected chi connectivity index (χ2v) is 5.42. The topological polar surface area (TPSA) is 33.0 Å². The molecule has 0 bridgehead atoms. The maximum absolute atomic E-state index is 12.3. The molecule has 1 heterocycles. The van der Waals surface area contributed by atoms with Gasteiger partial charge < -0.3 is 5.32 Å². The third-order valence-electron chi connectivity index (χ3n) is 3.62. The molecule has 0 atom stereocenters. The molecule has 23 heavy (non-hydrogen) atoms. The van der Waals surface area contributed by atoms with Crippen LogP contribution >= 0.6 is 0 Å². The highest BCUT2D eigenvalue weighted by Crippen LogP contribution is 2.01. The van der Waals surface area contributed by atoms with Gasteiger partial charge in [0.1, 0.15) is 5.56 Å². The largest absolute Gasteiger partial charge is 0.348 e. The highest BCUT2D eigenvalue weighted by atomic mass is 16.1. The van der Waals surface area contributed by atoms with Gasteiger partial charge in [0, 0.05) is 18.2 Å². The summed E-state index contributed by atoms with van der Waals surface area (Å²) in [5, 5.41) is 2.95. The van der Waals surface area contributed by atoms with Crippen molar-refractivity contribution in [1.29, 1.82) is 0 Å². The molecule has 0 spiro atoms. The van der Waals surface area contributed by atoms with E-state index >= 15 is 0 Å². The summed E-state index contributed by atoms with van der Waals surface area (Å²) in [6, 6.07) is 23.8. The number of nitrogens with zero attached hydrogens (tertiary/aromatic N) is 1. The van der Waals surface area contributed by atoms with E-state index in [1.807, 2.05) is 77.6 Å². The minimum Gasteiger partial charge on any atom is -0.348 e. The van der Waals surface area contributed by atoms with E-state index in [1.165, 1.54) is 5.56 Å². The molecule has 0 unspecified atom stereocenters. The van der Waals surface area contributed by atoms with Crippen LogP contribution in [-0.4, -0.2) is 5.91 Å². The molecule has 3 heteroatoms. The number of aromatic nitrogens is 1. The molecule has 0 saturated carbocycles. The highest BCUT2D eigenvalue weighted by Gasteiger charge is 2.10. The summed E-state index contributed by atoms with van der Waals surface area (Å²) in [5.74, 6) is -0.0590. The van der Waals surface area contributed by atoms with E-state index in [1.54, 1.807) is 0 Å². The van der Waals surface area contributed by atoms with Gasteiger partial charge in [0.05, 0.1) is 0 Å². The van der Waals surface area contributed by atoms with Crippen LogP contribution in [0.2, 0.25) is 0 Å². The van der Waals surface area contributed by atoms with Crippen LogP contribution in [0.15, 0.2) is 85.2 Å². The molecule has 0 aliphatic heterocycles. The second-order valence-electron chi connectivity index (χ2n) is 5.42. The molecule has 3 nitrogen and oxygen atoms in total. The molecule has 2 aromatic carbocycles. The van der Waals surface area contributed by atoms with Crippen LogP contribution in [0.25, 0.3) is 0 Å². The van der Waals surface area contributed by atoms with E-state index in [9.17, 15) is 4.79 Å². The van der Waals surface area contributed by atoms with Crippen molar-refractivity contribution in [3.63, 3.8) is 0 Å². The summed E-state index contributed by atoms with van der Waals surface area (Å²) in [6.07, 6.45) is 3.86. The Labute approximate surface area is 136 Å². The van der Waals surface area contributed by atoms with Gasteiger partial charge in [0.25, 0.3) is 5.91 Å². The molecule has 0 radical (unpaired) electrons. The summed E-state index contributed by atoms with van der Waals surface area (Å²) >= 11 is 0. The van der Waals surface area contributed by atoms with Crippen molar-refractivity contribution >= 4 is 5.91 Å². The van der Waals surface area contributed by atoms with Crippen LogP contribution in [0.5, 0.6) is 0 Å². The lowest BCUT2D eigenvalue weighted by molar-refractivity contribution is -0.688. The molecule has 3 aromatic rings. The van der Waals surface area contributed by atoms with Crippen molar-refractivity contribution in [2.75, 3.05) is 0 Å². The molecule has 0 fully saturated rings. The zero-order chi connectivity index (χ0) is 15.9. The average molecular weight is 303 g/mol. The molecule has 1 aromatic heterocycles. The van der Waals surface area contributed by atoms with Crippen LogP contribution in [0.4, 0.5) is 0 Å². The smallest absolute Gasteiger partial charge is 0.257 e. The molecule has 114 valence electrons. The average Bonchev–Trinajstić information content (AvgIpc) is 2.62. The van der Waals surface area contributed by atoms with Crippen molar-refractivity contribution in [2.45, 2.75) is 13.1 Å². The van der Waals surface area contributed by atoms with Crippen LogP contribution in [0.3, 0.4) is 0 Å². The Morgan fingerprint density at radius 1 is 0.826 bits per heavy atom. The molecule has 1 amide bonds. The molecular weight excluding hydrogens is 284 g/mol. The van der Waals surface area contributed by atoms with Crippen molar-refractivity contribution in [3.8, 4) is 0 Å². The summed E-state index contributed by atoms with van der Waals surface area (Å²) in [5.41, 5.74) is 2.97. The molecule has 0 saturated heterocycles. The monoisotopic (exact) mass is 303 g/mol. The van der Waals surface area contributed by atoms with E-state index < -0.39 is 0 Å². The zero-order valence-electron chi connectivity index (χ0n) is 12.9. The number of rotatable bonds is 5. The number of hydrogen-bond acceptors (Lipinski definition) is 1.